The molecule has 0 saturated carbocycles. The fraction of sp³-hybridized carbons (Fsp3) is 0.304. The highest BCUT2D eigenvalue weighted by Crippen LogP contribution is 2.43. The van der Waals surface area contributed by atoms with Gasteiger partial charge in [-0.3, -0.25) is 9.69 Å². The van der Waals surface area contributed by atoms with Crippen LogP contribution in [0, 0.1) is 0 Å². The first-order valence-corrected chi connectivity index (χ1v) is 11.7. The minimum atomic E-state index is -0.697. The molecule has 1 aliphatic rings. The lowest BCUT2D eigenvalue weighted by molar-refractivity contribution is -0.120. The van der Waals surface area contributed by atoms with Crippen molar-refractivity contribution in [1.29, 1.82) is 0 Å². The normalized spacial score (nSPS) is 14.9. The zero-order valence-corrected chi connectivity index (χ0v) is 19.0. The molecule has 2 aromatic carbocycles. The number of amides is 1. The molecule has 1 unspecified atom stereocenters. The van der Waals surface area contributed by atoms with Crippen LogP contribution in [0.3, 0.4) is 0 Å². The number of unbranched alkanes of at least 4 members (excludes halogenated alkanes) is 1. The van der Waals surface area contributed by atoms with Crippen LogP contribution in [0.25, 0.3) is 11.3 Å². The number of aromatic nitrogens is 3. The van der Waals surface area contributed by atoms with E-state index >= 15 is 0 Å². The van der Waals surface area contributed by atoms with Gasteiger partial charge in [-0.15, -0.1) is 10.2 Å². The largest absolute Gasteiger partial charge is 0.447 e. The third-order valence-corrected chi connectivity index (χ3v) is 6.14. The van der Waals surface area contributed by atoms with Crippen molar-refractivity contribution in [3.05, 3.63) is 59.1 Å². The number of para-hydroxylation sites is 1. The van der Waals surface area contributed by atoms with Crippen molar-refractivity contribution in [3.8, 4) is 17.1 Å². The van der Waals surface area contributed by atoms with Crippen molar-refractivity contribution in [1.82, 2.24) is 15.2 Å². The second kappa shape index (κ2) is 9.66. The molecule has 1 amide bonds. The number of thioether (sulfide) groups is 1. The quantitative estimate of drug-likeness (QED) is 0.340. The highest BCUT2D eigenvalue weighted by atomic mass is 35.5. The molecule has 0 aliphatic carbocycles. The number of nitrogens with zero attached hydrogens (tertiary/aromatic N) is 4. The van der Waals surface area contributed by atoms with Crippen LogP contribution in [0.1, 0.15) is 44.9 Å². The van der Waals surface area contributed by atoms with E-state index in [0.717, 1.165) is 35.4 Å². The number of carbonyl (C=O) groups is 1. The molecule has 0 saturated heterocycles. The van der Waals surface area contributed by atoms with Crippen LogP contribution in [-0.2, 0) is 4.79 Å². The van der Waals surface area contributed by atoms with Gasteiger partial charge in [0.1, 0.15) is 0 Å². The Morgan fingerprint density at radius 2 is 1.90 bits per heavy atom. The average Bonchev–Trinajstić information content (AvgIpc) is 2.93. The topological polar surface area (TPSA) is 68.2 Å². The van der Waals surface area contributed by atoms with E-state index in [1.54, 1.807) is 28.8 Å². The van der Waals surface area contributed by atoms with Crippen molar-refractivity contribution >= 4 is 35.0 Å². The lowest BCUT2D eigenvalue weighted by Gasteiger charge is -2.30. The minimum absolute atomic E-state index is 0.0642. The Balaban J connectivity index is 1.85. The fourth-order valence-corrected chi connectivity index (χ4v) is 4.35. The maximum Gasteiger partial charge on any atom is 0.247 e. The molecule has 4 rings (SSSR count). The molecule has 31 heavy (non-hydrogen) atoms. The predicted octanol–water partition coefficient (Wildman–Crippen LogP) is 5.92. The van der Waals surface area contributed by atoms with Gasteiger partial charge in [-0.25, -0.2) is 0 Å². The molecule has 8 heteroatoms. The Hall–Kier alpha value is -2.64. The zero-order chi connectivity index (χ0) is 21.8. The predicted molar refractivity (Wildman–Crippen MR) is 123 cm³/mol. The van der Waals surface area contributed by atoms with Gasteiger partial charge in [0.15, 0.2) is 5.69 Å². The molecule has 3 aromatic rings. The number of fused-ring (bicyclic) bond motifs is 3. The summed E-state index contributed by atoms with van der Waals surface area (Å²) >= 11 is 7.65. The Labute approximate surface area is 191 Å². The summed E-state index contributed by atoms with van der Waals surface area (Å²) in [7, 11) is 0. The standard InChI is InChI=1S/C23H23ClN4O2S/c1-3-5-14-31-23-25-21-20(26-27-23)17-8-6-7-9-18(17)28(19(29)4-2)22(30-21)15-10-12-16(24)13-11-15/h6-13,22H,3-5,14H2,1-2H3. The van der Waals surface area contributed by atoms with Gasteiger partial charge >= 0.3 is 0 Å². The van der Waals surface area contributed by atoms with Gasteiger partial charge in [0.25, 0.3) is 0 Å². The Morgan fingerprint density at radius 1 is 1.13 bits per heavy atom. The van der Waals surface area contributed by atoms with E-state index in [9.17, 15) is 4.79 Å². The van der Waals surface area contributed by atoms with Crippen molar-refractivity contribution in [2.75, 3.05) is 10.7 Å². The van der Waals surface area contributed by atoms with Crippen molar-refractivity contribution in [3.63, 3.8) is 0 Å². The van der Waals surface area contributed by atoms with Gasteiger partial charge in [-0.1, -0.05) is 74.0 Å². The summed E-state index contributed by atoms with van der Waals surface area (Å²) in [6.45, 7) is 3.98. The van der Waals surface area contributed by atoms with Crippen molar-refractivity contribution < 1.29 is 9.53 Å². The van der Waals surface area contributed by atoms with E-state index in [1.807, 2.05) is 43.3 Å². The summed E-state index contributed by atoms with van der Waals surface area (Å²) in [6, 6.07) is 14.9. The highest BCUT2D eigenvalue weighted by Gasteiger charge is 2.35. The second-order valence-electron chi connectivity index (χ2n) is 7.11. The van der Waals surface area contributed by atoms with E-state index < -0.39 is 6.23 Å². The molecular weight excluding hydrogens is 432 g/mol. The summed E-state index contributed by atoms with van der Waals surface area (Å²) < 4.78 is 6.38. The molecular formula is C23H23ClN4O2S. The number of anilines is 1. The first kappa shape index (κ1) is 21.6. The summed E-state index contributed by atoms with van der Waals surface area (Å²) in [5.41, 5.74) is 2.81. The summed E-state index contributed by atoms with van der Waals surface area (Å²) in [4.78, 5) is 19.4. The molecule has 0 N–H and O–H groups in total. The zero-order valence-electron chi connectivity index (χ0n) is 17.4. The minimum Gasteiger partial charge on any atom is -0.447 e. The SMILES string of the molecule is CCCCSc1nnc2c(n1)OC(c1ccc(Cl)cc1)N(C(=O)CC)c1ccccc1-2. The maximum atomic E-state index is 13.1. The molecule has 0 fully saturated rings. The highest BCUT2D eigenvalue weighted by molar-refractivity contribution is 7.99. The van der Waals surface area contributed by atoms with Crippen LogP contribution in [0.15, 0.2) is 53.7 Å². The van der Waals surface area contributed by atoms with Gasteiger partial charge < -0.3 is 4.74 Å². The molecule has 0 bridgehead atoms. The third-order valence-electron chi connectivity index (χ3n) is 4.97. The van der Waals surface area contributed by atoms with Gasteiger partial charge in [-0.05, 0) is 24.6 Å². The summed E-state index contributed by atoms with van der Waals surface area (Å²) in [6.07, 6.45) is 1.80. The first-order chi connectivity index (χ1) is 15.1. The van der Waals surface area contributed by atoms with Gasteiger partial charge in [0.2, 0.25) is 23.2 Å². The second-order valence-corrected chi connectivity index (χ2v) is 8.60. The number of ether oxygens (including phenoxy) is 1. The van der Waals surface area contributed by atoms with Gasteiger partial charge in [-0.2, -0.15) is 4.98 Å². The Morgan fingerprint density at radius 3 is 2.65 bits per heavy atom. The van der Waals surface area contributed by atoms with Crippen LogP contribution < -0.4 is 9.64 Å². The van der Waals surface area contributed by atoms with E-state index in [2.05, 4.69) is 22.1 Å². The van der Waals surface area contributed by atoms with E-state index in [0.29, 0.717) is 28.2 Å². The number of benzene rings is 2. The Kier molecular flexibility index (Phi) is 6.73. The molecule has 160 valence electrons. The first-order valence-electron chi connectivity index (χ1n) is 10.3. The molecule has 1 aromatic heterocycles. The number of rotatable bonds is 6. The van der Waals surface area contributed by atoms with Crippen molar-refractivity contribution in [2.24, 2.45) is 0 Å². The van der Waals surface area contributed by atoms with E-state index in [4.69, 9.17) is 16.3 Å². The Bertz CT molecular complexity index is 1080. The number of carbonyl (C=O) groups excluding carboxylic acids is 1. The maximum absolute atomic E-state index is 13.1. The summed E-state index contributed by atoms with van der Waals surface area (Å²) in [5, 5.41) is 9.93. The molecule has 0 radical (unpaired) electrons. The average molecular weight is 455 g/mol. The van der Waals surface area contributed by atoms with Crippen LogP contribution in [0.2, 0.25) is 5.02 Å². The summed E-state index contributed by atoms with van der Waals surface area (Å²) in [5.74, 6) is 1.22. The fourth-order valence-electron chi connectivity index (χ4n) is 3.37. The smallest absolute Gasteiger partial charge is 0.247 e. The molecule has 6 nitrogen and oxygen atoms in total. The lowest BCUT2D eigenvalue weighted by atomic mass is 10.1. The number of halogens is 1. The monoisotopic (exact) mass is 454 g/mol. The van der Waals surface area contributed by atoms with Crippen LogP contribution in [-0.4, -0.2) is 26.8 Å². The van der Waals surface area contributed by atoms with Crippen LogP contribution >= 0.6 is 23.4 Å². The van der Waals surface area contributed by atoms with E-state index in [-0.39, 0.29) is 5.91 Å². The van der Waals surface area contributed by atoms with Gasteiger partial charge in [0.05, 0.1) is 5.69 Å². The molecule has 1 atom stereocenters. The molecule has 1 aliphatic heterocycles. The van der Waals surface area contributed by atoms with E-state index in [1.165, 1.54) is 0 Å². The van der Waals surface area contributed by atoms with Crippen molar-refractivity contribution in [2.45, 2.75) is 44.5 Å². The van der Waals surface area contributed by atoms with Crippen LogP contribution in [0.4, 0.5) is 5.69 Å². The van der Waals surface area contributed by atoms with Crippen LogP contribution in [0.5, 0.6) is 5.88 Å². The van der Waals surface area contributed by atoms with Gasteiger partial charge in [0, 0.05) is 28.3 Å². The molecule has 2 heterocycles. The number of hydrogen-bond donors (Lipinski definition) is 0. The lowest BCUT2D eigenvalue weighted by Crippen LogP contribution is -2.37. The third kappa shape index (κ3) is 4.52. The molecule has 0 spiro atoms. The number of hydrogen-bond acceptors (Lipinski definition) is 6.